The lowest BCUT2D eigenvalue weighted by Crippen LogP contribution is -1.96. The van der Waals surface area contributed by atoms with E-state index in [1.54, 1.807) is 14.2 Å². The predicted molar refractivity (Wildman–Crippen MR) is 72.0 cm³/mol. The van der Waals surface area contributed by atoms with Crippen LogP contribution in [0.15, 0.2) is 18.2 Å². The predicted octanol–water partition coefficient (Wildman–Crippen LogP) is 4.22. The molecule has 0 amide bonds. The summed E-state index contributed by atoms with van der Waals surface area (Å²) in [6, 6.07) is 6.10. The van der Waals surface area contributed by atoms with Gasteiger partial charge >= 0.3 is 0 Å². The molecule has 0 aliphatic heterocycles. The molecule has 0 heterocycles. The molecule has 0 spiro atoms. The zero-order chi connectivity index (χ0) is 12.5. The molecule has 2 nitrogen and oxygen atoms in total. The maximum atomic E-state index is 5.42. The highest BCUT2D eigenvalue weighted by molar-refractivity contribution is 5.46. The molecule has 1 aromatic rings. The van der Waals surface area contributed by atoms with Gasteiger partial charge in [0.1, 0.15) is 0 Å². The third-order valence-electron chi connectivity index (χ3n) is 3.03. The van der Waals surface area contributed by atoms with Crippen LogP contribution in [0, 0.1) is 0 Å². The van der Waals surface area contributed by atoms with Crippen LogP contribution >= 0.6 is 0 Å². The van der Waals surface area contributed by atoms with E-state index in [1.807, 2.05) is 12.1 Å². The topological polar surface area (TPSA) is 18.5 Å². The molecule has 0 fully saturated rings. The highest BCUT2D eigenvalue weighted by atomic mass is 16.5. The van der Waals surface area contributed by atoms with E-state index >= 15 is 0 Å². The van der Waals surface area contributed by atoms with Gasteiger partial charge in [0.2, 0.25) is 0 Å². The van der Waals surface area contributed by atoms with Gasteiger partial charge in [-0.2, -0.15) is 0 Å². The zero-order valence-electron chi connectivity index (χ0n) is 11.3. The van der Waals surface area contributed by atoms with Crippen LogP contribution in [0.3, 0.4) is 0 Å². The van der Waals surface area contributed by atoms with Gasteiger partial charge < -0.3 is 9.47 Å². The molecular formula is C15H24O2. The molecule has 2 heteroatoms. The first-order valence-corrected chi connectivity index (χ1v) is 6.53. The summed E-state index contributed by atoms with van der Waals surface area (Å²) in [7, 11) is 3.39. The fourth-order valence-electron chi connectivity index (χ4n) is 2.07. The summed E-state index contributed by atoms with van der Waals surface area (Å²) in [6.45, 7) is 2.24. The second kappa shape index (κ2) is 7.99. The quantitative estimate of drug-likeness (QED) is 0.629. The molecular weight excluding hydrogens is 212 g/mol. The Hall–Kier alpha value is -1.18. The van der Waals surface area contributed by atoms with Gasteiger partial charge in [-0.25, -0.2) is 0 Å². The smallest absolute Gasteiger partial charge is 0.163 e. The fraction of sp³-hybridized carbons (Fsp3) is 0.600. The first-order valence-electron chi connectivity index (χ1n) is 6.53. The zero-order valence-corrected chi connectivity index (χ0v) is 11.3. The van der Waals surface area contributed by atoms with Gasteiger partial charge in [0.15, 0.2) is 11.5 Å². The number of aryl methyl sites for hydroxylation is 1. The van der Waals surface area contributed by atoms with Crippen molar-refractivity contribution in [3.05, 3.63) is 23.8 Å². The maximum Gasteiger partial charge on any atom is 0.163 e. The number of para-hydroxylation sites is 1. The van der Waals surface area contributed by atoms with Gasteiger partial charge in [-0.3, -0.25) is 0 Å². The second-order valence-corrected chi connectivity index (χ2v) is 4.32. The minimum atomic E-state index is 0.832. The lowest BCUT2D eigenvalue weighted by atomic mass is 10.0. The molecule has 0 unspecified atom stereocenters. The maximum absolute atomic E-state index is 5.42. The Balaban J connectivity index is 2.52. The molecule has 1 rings (SSSR count). The third kappa shape index (κ3) is 4.29. The number of methoxy groups -OCH3 is 2. The molecule has 0 saturated heterocycles. The Bertz CT molecular complexity index is 321. The summed E-state index contributed by atoms with van der Waals surface area (Å²) in [5, 5.41) is 0. The number of benzene rings is 1. The highest BCUT2D eigenvalue weighted by Crippen LogP contribution is 2.31. The van der Waals surface area contributed by atoms with Crippen molar-refractivity contribution in [2.45, 2.75) is 45.4 Å². The van der Waals surface area contributed by atoms with Crippen molar-refractivity contribution in [3.8, 4) is 11.5 Å². The Morgan fingerprint density at radius 2 is 1.71 bits per heavy atom. The van der Waals surface area contributed by atoms with E-state index in [9.17, 15) is 0 Å². The van der Waals surface area contributed by atoms with E-state index in [2.05, 4.69) is 13.0 Å². The van der Waals surface area contributed by atoms with E-state index in [-0.39, 0.29) is 0 Å². The van der Waals surface area contributed by atoms with Gasteiger partial charge in [0.25, 0.3) is 0 Å². The number of rotatable bonds is 8. The summed E-state index contributed by atoms with van der Waals surface area (Å²) >= 11 is 0. The van der Waals surface area contributed by atoms with Crippen LogP contribution in [0.25, 0.3) is 0 Å². The van der Waals surface area contributed by atoms with Gasteiger partial charge in [0, 0.05) is 0 Å². The van der Waals surface area contributed by atoms with Crippen LogP contribution in [0.1, 0.15) is 44.6 Å². The number of hydrogen-bond donors (Lipinski definition) is 0. The first kappa shape index (κ1) is 13.9. The average molecular weight is 236 g/mol. The van der Waals surface area contributed by atoms with Gasteiger partial charge in [-0.15, -0.1) is 0 Å². The van der Waals surface area contributed by atoms with E-state index in [0.29, 0.717) is 0 Å². The van der Waals surface area contributed by atoms with Crippen molar-refractivity contribution >= 4 is 0 Å². The van der Waals surface area contributed by atoms with Crippen LogP contribution in [0.5, 0.6) is 11.5 Å². The fourth-order valence-corrected chi connectivity index (χ4v) is 2.07. The van der Waals surface area contributed by atoms with Crippen molar-refractivity contribution in [1.29, 1.82) is 0 Å². The van der Waals surface area contributed by atoms with Gasteiger partial charge in [-0.05, 0) is 24.5 Å². The van der Waals surface area contributed by atoms with E-state index in [4.69, 9.17) is 9.47 Å². The standard InChI is InChI=1S/C15H24O2/c1-4-5-6-7-8-10-13-11-9-12-14(16-2)15(13)17-3/h9,11-12H,4-8,10H2,1-3H3. The molecule has 17 heavy (non-hydrogen) atoms. The van der Waals surface area contributed by atoms with Gasteiger partial charge in [0.05, 0.1) is 14.2 Å². The summed E-state index contributed by atoms with van der Waals surface area (Å²) in [5.41, 5.74) is 1.25. The Kier molecular flexibility index (Phi) is 6.53. The van der Waals surface area contributed by atoms with Crippen LogP contribution in [-0.2, 0) is 6.42 Å². The van der Waals surface area contributed by atoms with Crippen molar-refractivity contribution < 1.29 is 9.47 Å². The van der Waals surface area contributed by atoms with Crippen LogP contribution in [0.2, 0.25) is 0 Å². The number of unbranched alkanes of at least 4 members (excludes halogenated alkanes) is 4. The summed E-state index contributed by atoms with van der Waals surface area (Å²) in [5.74, 6) is 1.73. The van der Waals surface area contributed by atoms with E-state index in [1.165, 1.54) is 37.7 Å². The summed E-state index contributed by atoms with van der Waals surface area (Å²) in [6.07, 6.45) is 7.57. The molecule has 0 bridgehead atoms. The van der Waals surface area contributed by atoms with Crippen LogP contribution < -0.4 is 9.47 Å². The minimum absolute atomic E-state index is 0.832. The monoisotopic (exact) mass is 236 g/mol. The lowest BCUT2D eigenvalue weighted by Gasteiger charge is -2.12. The Morgan fingerprint density at radius 3 is 2.35 bits per heavy atom. The molecule has 0 aliphatic rings. The minimum Gasteiger partial charge on any atom is -0.493 e. The van der Waals surface area contributed by atoms with E-state index in [0.717, 1.165) is 17.9 Å². The summed E-state index contributed by atoms with van der Waals surface area (Å²) in [4.78, 5) is 0. The lowest BCUT2D eigenvalue weighted by molar-refractivity contribution is 0.351. The largest absolute Gasteiger partial charge is 0.493 e. The number of hydrogen-bond acceptors (Lipinski definition) is 2. The molecule has 0 radical (unpaired) electrons. The normalized spacial score (nSPS) is 10.3. The second-order valence-electron chi connectivity index (χ2n) is 4.32. The molecule has 0 saturated carbocycles. The van der Waals surface area contributed by atoms with Crippen LogP contribution in [0.4, 0.5) is 0 Å². The van der Waals surface area contributed by atoms with Crippen molar-refractivity contribution in [2.75, 3.05) is 14.2 Å². The Labute approximate surface area is 105 Å². The third-order valence-corrected chi connectivity index (χ3v) is 3.03. The van der Waals surface area contributed by atoms with Crippen molar-refractivity contribution in [2.24, 2.45) is 0 Å². The molecule has 96 valence electrons. The van der Waals surface area contributed by atoms with Crippen molar-refractivity contribution in [1.82, 2.24) is 0 Å². The van der Waals surface area contributed by atoms with Crippen LogP contribution in [-0.4, -0.2) is 14.2 Å². The van der Waals surface area contributed by atoms with Crippen molar-refractivity contribution in [3.63, 3.8) is 0 Å². The molecule has 0 aromatic heterocycles. The molecule has 0 N–H and O–H groups in total. The Morgan fingerprint density at radius 1 is 0.941 bits per heavy atom. The highest BCUT2D eigenvalue weighted by Gasteiger charge is 2.08. The van der Waals surface area contributed by atoms with Gasteiger partial charge in [-0.1, -0.05) is 44.7 Å². The molecule has 1 aromatic carbocycles. The molecule has 0 aliphatic carbocycles. The molecule has 0 atom stereocenters. The summed E-state index contributed by atoms with van der Waals surface area (Å²) < 4.78 is 10.7. The average Bonchev–Trinajstić information content (AvgIpc) is 2.38. The van der Waals surface area contributed by atoms with E-state index < -0.39 is 0 Å². The first-order chi connectivity index (χ1) is 8.33. The SMILES string of the molecule is CCCCCCCc1cccc(OC)c1OC. The number of ether oxygens (including phenoxy) is 2.